The summed E-state index contributed by atoms with van der Waals surface area (Å²) in [6.07, 6.45) is 0. The Balaban J connectivity index is 1.94. The smallest absolute Gasteiger partial charge is 0.337 e. The highest BCUT2D eigenvalue weighted by Crippen LogP contribution is 2.32. The Labute approximate surface area is 179 Å². The van der Waals surface area contributed by atoms with E-state index >= 15 is 0 Å². The Morgan fingerprint density at radius 1 is 1.20 bits per heavy atom. The fourth-order valence-corrected chi connectivity index (χ4v) is 3.61. The summed E-state index contributed by atoms with van der Waals surface area (Å²) < 4.78 is 4.95. The fourth-order valence-electron chi connectivity index (χ4n) is 3.42. The molecular formula is C22H22ClN3O4. The van der Waals surface area contributed by atoms with Crippen molar-refractivity contribution in [3.8, 4) is 0 Å². The number of nitrogens with one attached hydrogen (secondary N) is 2. The maximum absolute atomic E-state index is 12.5. The number of halogens is 1. The number of nitrogens with zero attached hydrogens (tertiary/aromatic N) is 1. The number of esters is 1. The van der Waals surface area contributed by atoms with Gasteiger partial charge in [-0.25, -0.2) is 9.59 Å². The summed E-state index contributed by atoms with van der Waals surface area (Å²) >= 11 is 5.96. The second-order valence-corrected chi connectivity index (χ2v) is 7.14. The van der Waals surface area contributed by atoms with E-state index in [2.05, 4.69) is 10.6 Å². The molecule has 0 bridgehead atoms. The number of amides is 3. The van der Waals surface area contributed by atoms with Gasteiger partial charge in [-0.15, -0.1) is 0 Å². The van der Waals surface area contributed by atoms with E-state index in [4.69, 9.17) is 16.3 Å². The van der Waals surface area contributed by atoms with Gasteiger partial charge in [0.15, 0.2) is 0 Å². The Kier molecular flexibility index (Phi) is 6.42. The van der Waals surface area contributed by atoms with Crippen LogP contribution < -0.4 is 10.6 Å². The molecule has 0 saturated heterocycles. The SMILES string of the molecule is CCN1C(=O)NC(c2cccc(NC(=O)c3cccc(Cl)c3)c2)C(C(=O)OC)=C1C. The zero-order chi connectivity index (χ0) is 21.8. The molecule has 2 aromatic rings. The number of urea groups is 1. The first-order chi connectivity index (χ1) is 14.3. The van der Waals surface area contributed by atoms with Crippen LogP contribution >= 0.6 is 11.6 Å². The standard InChI is InChI=1S/C22H22ClN3O4/c1-4-26-13(2)18(21(28)30-3)19(25-22(26)29)14-7-6-10-17(12-14)24-20(27)15-8-5-9-16(23)11-15/h5-12,19H,4H2,1-3H3,(H,24,27)(H,25,29). The summed E-state index contributed by atoms with van der Waals surface area (Å²) in [4.78, 5) is 39.0. The minimum Gasteiger partial charge on any atom is -0.466 e. The van der Waals surface area contributed by atoms with Crippen LogP contribution in [-0.4, -0.2) is 36.5 Å². The molecular weight excluding hydrogens is 406 g/mol. The van der Waals surface area contributed by atoms with Gasteiger partial charge in [0.25, 0.3) is 5.91 Å². The minimum absolute atomic E-state index is 0.305. The van der Waals surface area contributed by atoms with Gasteiger partial charge in [0.05, 0.1) is 18.7 Å². The summed E-state index contributed by atoms with van der Waals surface area (Å²) in [5.41, 5.74) is 2.46. The molecule has 3 rings (SSSR count). The van der Waals surface area contributed by atoms with Gasteiger partial charge in [0, 0.05) is 28.5 Å². The Morgan fingerprint density at radius 3 is 2.60 bits per heavy atom. The van der Waals surface area contributed by atoms with E-state index in [1.165, 1.54) is 12.0 Å². The molecule has 0 aromatic heterocycles. The van der Waals surface area contributed by atoms with Crippen molar-refractivity contribution in [3.63, 3.8) is 0 Å². The van der Waals surface area contributed by atoms with Crippen LogP contribution in [0.25, 0.3) is 0 Å². The zero-order valence-electron chi connectivity index (χ0n) is 16.9. The summed E-state index contributed by atoms with van der Waals surface area (Å²) in [7, 11) is 1.30. The maximum atomic E-state index is 12.5. The number of benzene rings is 2. The van der Waals surface area contributed by atoms with Crippen LogP contribution in [-0.2, 0) is 9.53 Å². The van der Waals surface area contributed by atoms with Gasteiger partial charge in [0.2, 0.25) is 0 Å². The average Bonchev–Trinajstić information content (AvgIpc) is 2.73. The molecule has 2 N–H and O–H groups in total. The molecule has 3 amide bonds. The summed E-state index contributed by atoms with van der Waals surface area (Å²) in [5, 5.41) is 6.12. The van der Waals surface area contributed by atoms with Crippen molar-refractivity contribution in [3.05, 3.63) is 76.0 Å². The van der Waals surface area contributed by atoms with E-state index in [0.29, 0.717) is 39.7 Å². The highest BCUT2D eigenvalue weighted by Gasteiger charge is 2.35. The number of ether oxygens (including phenoxy) is 1. The van der Waals surface area contributed by atoms with Gasteiger partial charge >= 0.3 is 12.0 Å². The molecule has 0 saturated carbocycles. The van der Waals surface area contributed by atoms with Crippen LogP contribution in [0.2, 0.25) is 5.02 Å². The summed E-state index contributed by atoms with van der Waals surface area (Å²) in [5.74, 6) is -0.844. The van der Waals surface area contributed by atoms with E-state index < -0.39 is 12.0 Å². The first kappa shape index (κ1) is 21.4. The second kappa shape index (κ2) is 9.00. The van der Waals surface area contributed by atoms with Crippen LogP contribution in [0.4, 0.5) is 10.5 Å². The predicted octanol–water partition coefficient (Wildman–Crippen LogP) is 4.13. The number of hydrogen-bond acceptors (Lipinski definition) is 4. The lowest BCUT2D eigenvalue weighted by molar-refractivity contribution is -0.136. The lowest BCUT2D eigenvalue weighted by atomic mass is 9.94. The quantitative estimate of drug-likeness (QED) is 0.702. The molecule has 156 valence electrons. The van der Waals surface area contributed by atoms with Crippen molar-refractivity contribution in [2.75, 3.05) is 19.0 Å². The van der Waals surface area contributed by atoms with Crippen molar-refractivity contribution in [1.82, 2.24) is 10.2 Å². The monoisotopic (exact) mass is 427 g/mol. The topological polar surface area (TPSA) is 87.7 Å². The van der Waals surface area contributed by atoms with Crippen LogP contribution in [0.5, 0.6) is 0 Å². The number of carbonyl (C=O) groups excluding carboxylic acids is 3. The molecule has 0 fully saturated rings. The first-order valence-electron chi connectivity index (χ1n) is 9.39. The van der Waals surface area contributed by atoms with E-state index in [0.717, 1.165) is 0 Å². The largest absolute Gasteiger partial charge is 0.466 e. The third-order valence-electron chi connectivity index (χ3n) is 4.88. The molecule has 1 atom stereocenters. The van der Waals surface area contributed by atoms with Crippen LogP contribution in [0.3, 0.4) is 0 Å². The Hall–Kier alpha value is -3.32. The third-order valence-corrected chi connectivity index (χ3v) is 5.12. The van der Waals surface area contributed by atoms with Gasteiger partial charge in [-0.05, 0) is 49.7 Å². The lowest BCUT2D eigenvalue weighted by Gasteiger charge is -2.34. The second-order valence-electron chi connectivity index (χ2n) is 6.71. The number of allylic oxidation sites excluding steroid dienone is 1. The maximum Gasteiger partial charge on any atom is 0.337 e. The molecule has 1 aliphatic rings. The molecule has 8 heteroatoms. The number of anilines is 1. The van der Waals surface area contributed by atoms with Crippen LogP contribution in [0.15, 0.2) is 59.8 Å². The molecule has 30 heavy (non-hydrogen) atoms. The highest BCUT2D eigenvalue weighted by atomic mass is 35.5. The Morgan fingerprint density at radius 2 is 1.93 bits per heavy atom. The average molecular weight is 428 g/mol. The van der Waals surface area contributed by atoms with E-state index in [1.807, 2.05) is 6.92 Å². The molecule has 1 unspecified atom stereocenters. The molecule has 0 aliphatic carbocycles. The van der Waals surface area contributed by atoms with Gasteiger partial charge in [-0.3, -0.25) is 9.69 Å². The van der Waals surface area contributed by atoms with Crippen molar-refractivity contribution < 1.29 is 19.1 Å². The number of rotatable bonds is 5. The van der Waals surface area contributed by atoms with Gasteiger partial charge in [-0.1, -0.05) is 29.8 Å². The van der Waals surface area contributed by atoms with Gasteiger partial charge < -0.3 is 15.4 Å². The van der Waals surface area contributed by atoms with Crippen molar-refractivity contribution in [2.45, 2.75) is 19.9 Å². The van der Waals surface area contributed by atoms with Crippen LogP contribution in [0, 0.1) is 0 Å². The lowest BCUT2D eigenvalue weighted by Crippen LogP contribution is -2.47. The molecule has 1 aliphatic heterocycles. The zero-order valence-corrected chi connectivity index (χ0v) is 17.6. The fraction of sp³-hybridized carbons (Fsp3) is 0.227. The van der Waals surface area contributed by atoms with E-state index in [9.17, 15) is 14.4 Å². The van der Waals surface area contributed by atoms with Crippen molar-refractivity contribution in [2.24, 2.45) is 0 Å². The van der Waals surface area contributed by atoms with E-state index in [-0.39, 0.29) is 11.9 Å². The third kappa shape index (κ3) is 4.31. The minimum atomic E-state index is -0.698. The van der Waals surface area contributed by atoms with Gasteiger partial charge in [-0.2, -0.15) is 0 Å². The predicted molar refractivity (Wildman–Crippen MR) is 114 cm³/mol. The Bertz CT molecular complexity index is 1030. The number of methoxy groups -OCH3 is 1. The first-order valence-corrected chi connectivity index (χ1v) is 9.77. The molecule has 2 aromatic carbocycles. The molecule has 7 nitrogen and oxygen atoms in total. The summed E-state index contributed by atoms with van der Waals surface area (Å²) in [6.45, 7) is 3.96. The number of carbonyl (C=O) groups is 3. The molecule has 0 spiro atoms. The van der Waals surface area contributed by atoms with Crippen LogP contribution in [0.1, 0.15) is 35.8 Å². The normalized spacial score (nSPS) is 16.2. The van der Waals surface area contributed by atoms with Crippen molar-refractivity contribution >= 4 is 35.2 Å². The number of hydrogen-bond donors (Lipinski definition) is 2. The highest BCUT2D eigenvalue weighted by molar-refractivity contribution is 6.31. The van der Waals surface area contributed by atoms with E-state index in [1.54, 1.807) is 55.5 Å². The summed E-state index contributed by atoms with van der Waals surface area (Å²) in [6, 6.07) is 12.6. The molecule has 1 heterocycles. The molecule has 0 radical (unpaired) electrons. The van der Waals surface area contributed by atoms with Crippen molar-refractivity contribution in [1.29, 1.82) is 0 Å². The van der Waals surface area contributed by atoms with Gasteiger partial charge in [0.1, 0.15) is 0 Å².